The molecule has 3 rings (SSSR count). The predicted octanol–water partition coefficient (Wildman–Crippen LogP) is 2.62. The van der Waals surface area contributed by atoms with Crippen LogP contribution in [0.4, 0.5) is 0 Å². The monoisotopic (exact) mass is 378 g/mol. The van der Waals surface area contributed by atoms with Crippen LogP contribution in [0.3, 0.4) is 0 Å². The molecule has 0 saturated carbocycles. The molecule has 130 valence electrons. The first-order valence-corrected chi connectivity index (χ1v) is 9.20. The molecule has 0 bridgehead atoms. The van der Waals surface area contributed by atoms with Crippen molar-refractivity contribution in [3.05, 3.63) is 65.3 Å². The second-order valence-corrected chi connectivity index (χ2v) is 7.47. The third kappa shape index (κ3) is 3.84. The first-order valence-electron chi connectivity index (χ1n) is 7.41. The third-order valence-electron chi connectivity index (χ3n) is 3.70. The molecule has 6 nitrogen and oxygen atoms in total. The van der Waals surface area contributed by atoms with Gasteiger partial charge in [-0.1, -0.05) is 35.9 Å². The van der Waals surface area contributed by atoms with Crippen LogP contribution in [-0.2, 0) is 25.5 Å². The number of hydrogen-bond donors (Lipinski definition) is 2. The number of benzene rings is 2. The number of carbonyl (C=O) groups excluding carboxylic acids is 1. The molecule has 0 fully saturated rings. The maximum Gasteiger partial charge on any atom is 0.341 e. The van der Waals surface area contributed by atoms with Gasteiger partial charge in [0.1, 0.15) is 10.9 Å². The zero-order chi connectivity index (χ0) is 18.0. The maximum absolute atomic E-state index is 12.1. The van der Waals surface area contributed by atoms with Crippen molar-refractivity contribution in [2.24, 2.45) is 5.73 Å². The lowest BCUT2D eigenvalue weighted by atomic mass is 10.1. The van der Waals surface area contributed by atoms with Crippen molar-refractivity contribution in [1.29, 1.82) is 0 Å². The fourth-order valence-corrected chi connectivity index (χ4v) is 3.55. The Balaban J connectivity index is 1.74. The van der Waals surface area contributed by atoms with Crippen LogP contribution in [0.15, 0.2) is 59.6 Å². The average Bonchev–Trinajstić information content (AvgIpc) is 2.97. The number of hydrogen-bond acceptors (Lipinski definition) is 5. The van der Waals surface area contributed by atoms with Crippen molar-refractivity contribution in [3.8, 4) is 0 Å². The highest BCUT2D eigenvalue weighted by atomic mass is 35.5. The minimum Gasteiger partial charge on any atom is -0.361 e. The molecule has 8 heteroatoms. The first-order chi connectivity index (χ1) is 11.9. The van der Waals surface area contributed by atoms with E-state index in [2.05, 4.69) is 9.17 Å². The van der Waals surface area contributed by atoms with Crippen molar-refractivity contribution in [1.82, 2.24) is 4.98 Å². The second kappa shape index (κ2) is 6.87. The third-order valence-corrected chi connectivity index (χ3v) is 5.16. The Morgan fingerprint density at radius 2 is 1.92 bits per heavy atom. The summed E-state index contributed by atoms with van der Waals surface area (Å²) >= 11 is 5.93. The molecule has 3 N–H and O–H groups in total. The summed E-state index contributed by atoms with van der Waals surface area (Å²) in [5.41, 5.74) is 7.41. The lowest BCUT2D eigenvalue weighted by Gasteiger charge is -2.11. The van der Waals surface area contributed by atoms with Gasteiger partial charge in [0, 0.05) is 28.5 Å². The minimum atomic E-state index is -4.19. The smallest absolute Gasteiger partial charge is 0.341 e. The summed E-state index contributed by atoms with van der Waals surface area (Å²) in [5.74, 6) is -1.01. The summed E-state index contributed by atoms with van der Waals surface area (Å²) in [6.07, 6.45) is 1.84. The number of nitrogens with one attached hydrogen (secondary N) is 1. The van der Waals surface area contributed by atoms with Crippen LogP contribution in [0.2, 0.25) is 5.02 Å². The summed E-state index contributed by atoms with van der Waals surface area (Å²) in [4.78, 5) is 15.0. The van der Waals surface area contributed by atoms with Gasteiger partial charge in [-0.05, 0) is 29.8 Å². The fourth-order valence-electron chi connectivity index (χ4n) is 2.45. The number of rotatable bonds is 5. The number of aromatic amines is 1. The highest BCUT2D eigenvalue weighted by Gasteiger charge is 2.25. The number of nitrogens with two attached hydrogens (primary N) is 1. The Bertz CT molecular complexity index is 1020. The molecule has 2 aromatic carbocycles. The molecule has 1 heterocycles. The lowest BCUT2D eigenvalue weighted by molar-refractivity contribution is -0.135. The van der Waals surface area contributed by atoms with E-state index >= 15 is 0 Å². The van der Waals surface area contributed by atoms with Gasteiger partial charge in [-0.2, -0.15) is 8.42 Å². The highest BCUT2D eigenvalue weighted by molar-refractivity contribution is 7.87. The molecule has 0 saturated heterocycles. The lowest BCUT2D eigenvalue weighted by Crippen LogP contribution is -2.35. The SMILES string of the molecule is N[C@H](Cc1c[nH]c2cc(Cl)ccc12)C(=O)OS(=O)(=O)c1ccccc1. The Morgan fingerprint density at radius 3 is 2.64 bits per heavy atom. The summed E-state index contributed by atoms with van der Waals surface area (Å²) in [7, 11) is -4.19. The predicted molar refractivity (Wildman–Crippen MR) is 94.7 cm³/mol. The van der Waals surface area contributed by atoms with E-state index in [4.69, 9.17) is 17.3 Å². The van der Waals surface area contributed by atoms with Crippen LogP contribution >= 0.6 is 11.6 Å². The largest absolute Gasteiger partial charge is 0.361 e. The highest BCUT2D eigenvalue weighted by Crippen LogP contribution is 2.23. The quantitative estimate of drug-likeness (QED) is 0.664. The molecular formula is C17H15ClN2O4S. The van der Waals surface area contributed by atoms with E-state index in [-0.39, 0.29) is 11.3 Å². The van der Waals surface area contributed by atoms with Crippen molar-refractivity contribution in [3.63, 3.8) is 0 Å². The Hall–Kier alpha value is -2.35. The van der Waals surface area contributed by atoms with E-state index < -0.39 is 22.1 Å². The molecule has 1 atom stereocenters. The van der Waals surface area contributed by atoms with E-state index in [0.29, 0.717) is 5.02 Å². The Kier molecular flexibility index (Phi) is 4.80. The van der Waals surface area contributed by atoms with E-state index in [1.165, 1.54) is 24.3 Å². The second-order valence-electron chi connectivity index (χ2n) is 5.48. The minimum absolute atomic E-state index is 0.0997. The zero-order valence-corrected chi connectivity index (χ0v) is 14.5. The average molecular weight is 379 g/mol. The van der Waals surface area contributed by atoms with Crippen LogP contribution in [0.5, 0.6) is 0 Å². The summed E-state index contributed by atoms with van der Waals surface area (Å²) in [5, 5.41) is 1.44. The normalized spacial score (nSPS) is 12.9. The van der Waals surface area contributed by atoms with E-state index in [9.17, 15) is 13.2 Å². The van der Waals surface area contributed by atoms with Crippen LogP contribution in [-0.4, -0.2) is 25.4 Å². The molecule has 3 aromatic rings. The molecule has 0 radical (unpaired) electrons. The molecule has 0 aliphatic carbocycles. The number of aromatic nitrogens is 1. The van der Waals surface area contributed by atoms with Crippen molar-refractivity contribution < 1.29 is 17.4 Å². The van der Waals surface area contributed by atoms with E-state index in [0.717, 1.165) is 16.5 Å². The maximum atomic E-state index is 12.1. The van der Waals surface area contributed by atoms with Crippen molar-refractivity contribution in [2.45, 2.75) is 17.4 Å². The first kappa shape index (κ1) is 17.5. The summed E-state index contributed by atoms with van der Waals surface area (Å²) in [6.45, 7) is 0. The van der Waals surface area contributed by atoms with Crippen LogP contribution in [0.1, 0.15) is 5.56 Å². The van der Waals surface area contributed by atoms with Gasteiger partial charge in [-0.3, -0.25) is 0 Å². The van der Waals surface area contributed by atoms with Gasteiger partial charge in [0.15, 0.2) is 0 Å². The zero-order valence-electron chi connectivity index (χ0n) is 13.0. The summed E-state index contributed by atoms with van der Waals surface area (Å²) in [6, 6.07) is 11.6. The van der Waals surface area contributed by atoms with Crippen LogP contribution < -0.4 is 5.73 Å². The van der Waals surface area contributed by atoms with Gasteiger partial charge in [0.2, 0.25) is 0 Å². The Morgan fingerprint density at radius 1 is 1.20 bits per heavy atom. The molecule has 0 spiro atoms. The van der Waals surface area contributed by atoms with Crippen molar-refractivity contribution in [2.75, 3.05) is 0 Å². The molecule has 1 aromatic heterocycles. The molecule has 0 unspecified atom stereocenters. The van der Waals surface area contributed by atoms with Gasteiger partial charge in [0.25, 0.3) is 0 Å². The van der Waals surface area contributed by atoms with Gasteiger partial charge < -0.3 is 14.9 Å². The number of halogens is 1. The number of fused-ring (bicyclic) bond motifs is 1. The number of H-pyrrole nitrogens is 1. The van der Waals surface area contributed by atoms with Gasteiger partial charge in [0.05, 0.1) is 0 Å². The fraction of sp³-hybridized carbons (Fsp3) is 0.118. The Labute approximate surface area is 149 Å². The van der Waals surface area contributed by atoms with Gasteiger partial charge >= 0.3 is 16.1 Å². The van der Waals surface area contributed by atoms with Gasteiger partial charge in [-0.15, -0.1) is 0 Å². The number of carbonyl (C=O) groups is 1. The molecule has 0 aliphatic heterocycles. The van der Waals surface area contributed by atoms with E-state index in [1.807, 2.05) is 6.07 Å². The molecule has 0 amide bonds. The molecular weight excluding hydrogens is 364 g/mol. The summed E-state index contributed by atoms with van der Waals surface area (Å²) < 4.78 is 28.8. The topological polar surface area (TPSA) is 102 Å². The van der Waals surface area contributed by atoms with E-state index in [1.54, 1.807) is 24.4 Å². The van der Waals surface area contributed by atoms with Crippen LogP contribution in [0, 0.1) is 0 Å². The van der Waals surface area contributed by atoms with Crippen molar-refractivity contribution >= 4 is 38.6 Å². The molecule has 0 aliphatic rings. The standard InChI is InChI=1S/C17H15ClN2O4S/c18-12-6-7-14-11(10-20-16(14)9-12)8-15(19)17(21)24-25(22,23)13-4-2-1-3-5-13/h1-7,9-10,15,20H,8,19H2/t15-/m1/s1. The van der Waals surface area contributed by atoms with Crippen LogP contribution in [0.25, 0.3) is 10.9 Å². The van der Waals surface area contributed by atoms with Gasteiger partial charge in [-0.25, -0.2) is 4.79 Å². The molecule has 25 heavy (non-hydrogen) atoms.